The molecule has 10 nitrogen and oxygen atoms in total. The first-order chi connectivity index (χ1) is 18.6. The van der Waals surface area contributed by atoms with Gasteiger partial charge in [-0.15, -0.1) is 8.78 Å². The maximum absolute atomic E-state index is 13.5. The van der Waals surface area contributed by atoms with E-state index in [2.05, 4.69) is 24.5 Å². The predicted octanol–water partition coefficient (Wildman–Crippen LogP) is 4.85. The number of likely N-dealkylation sites (N-methyl/N-ethyl adjacent to an activating group) is 1. The molecule has 1 aliphatic heterocycles. The van der Waals surface area contributed by atoms with Gasteiger partial charge in [0.25, 0.3) is 5.56 Å². The van der Waals surface area contributed by atoms with E-state index in [1.807, 2.05) is 13.8 Å². The van der Waals surface area contributed by atoms with E-state index >= 15 is 0 Å². The zero-order valence-corrected chi connectivity index (χ0v) is 22.0. The molecule has 1 aliphatic rings. The maximum atomic E-state index is 13.5. The number of alkyl halides is 2. The van der Waals surface area contributed by atoms with Crippen LogP contribution in [0.15, 0.2) is 47.5 Å². The van der Waals surface area contributed by atoms with Gasteiger partial charge in [0.1, 0.15) is 18.0 Å². The molecule has 0 spiro atoms. The lowest BCUT2D eigenvalue weighted by Gasteiger charge is -2.21. The molecule has 0 fully saturated rings. The molecule has 3 heterocycles. The van der Waals surface area contributed by atoms with Gasteiger partial charge in [0.05, 0.1) is 23.5 Å². The zero-order valence-electron chi connectivity index (χ0n) is 21.2. The normalized spacial score (nSPS) is 13.7. The number of benzene rings is 2. The van der Waals surface area contributed by atoms with Crippen LogP contribution in [0.4, 0.5) is 14.5 Å². The minimum absolute atomic E-state index is 0.0979. The third kappa shape index (κ3) is 5.24. The number of hydrogen-bond donors (Lipinski definition) is 1. The molecule has 4 aromatic rings. The van der Waals surface area contributed by atoms with Crippen LogP contribution in [0, 0.1) is 5.92 Å². The van der Waals surface area contributed by atoms with Crippen LogP contribution in [0.25, 0.3) is 22.3 Å². The van der Waals surface area contributed by atoms with Crippen LogP contribution in [0.1, 0.15) is 20.8 Å². The molecule has 2 aromatic carbocycles. The minimum Gasteiger partial charge on any atom is -0.492 e. The van der Waals surface area contributed by atoms with E-state index in [9.17, 15) is 18.4 Å². The van der Waals surface area contributed by atoms with Gasteiger partial charge in [0.15, 0.2) is 17.0 Å². The summed E-state index contributed by atoms with van der Waals surface area (Å²) in [5, 5.41) is 4.90. The van der Waals surface area contributed by atoms with Gasteiger partial charge in [0, 0.05) is 23.9 Å². The maximum Gasteiger partial charge on any atom is 0.586 e. The molecule has 204 valence electrons. The molecule has 2 aromatic heterocycles. The number of imidazole rings is 1. The summed E-state index contributed by atoms with van der Waals surface area (Å²) in [6.07, 6.45) is -2.41. The second-order valence-corrected chi connectivity index (χ2v) is 9.63. The van der Waals surface area contributed by atoms with Crippen LogP contribution in [-0.2, 0) is 11.3 Å². The van der Waals surface area contributed by atoms with E-state index in [1.165, 1.54) is 29.4 Å². The highest BCUT2D eigenvalue weighted by Crippen LogP contribution is 2.43. The number of carbonyl (C=O) groups excluding carboxylic acids is 1. The summed E-state index contributed by atoms with van der Waals surface area (Å²) in [5.74, 6) is -0.110. The Balaban J connectivity index is 1.48. The summed E-state index contributed by atoms with van der Waals surface area (Å²) in [7, 11) is 0. The van der Waals surface area contributed by atoms with Crippen molar-refractivity contribution in [2.45, 2.75) is 33.6 Å². The van der Waals surface area contributed by atoms with Crippen LogP contribution in [0.2, 0.25) is 5.02 Å². The van der Waals surface area contributed by atoms with Gasteiger partial charge >= 0.3 is 6.29 Å². The first-order valence-corrected chi connectivity index (χ1v) is 12.5. The molecule has 0 unspecified atom stereocenters. The molecule has 1 amide bonds. The molecule has 0 saturated carbocycles. The Kier molecular flexibility index (Phi) is 6.89. The Morgan fingerprint density at radius 2 is 1.97 bits per heavy atom. The zero-order chi connectivity index (χ0) is 27.9. The highest BCUT2D eigenvalue weighted by molar-refractivity contribution is 6.32. The number of anilines is 1. The Hall–Kier alpha value is -4.19. The van der Waals surface area contributed by atoms with Crippen LogP contribution >= 0.6 is 11.6 Å². The molecule has 0 atom stereocenters. The first kappa shape index (κ1) is 26.4. The Morgan fingerprint density at radius 1 is 1.21 bits per heavy atom. The molecule has 0 aliphatic carbocycles. The summed E-state index contributed by atoms with van der Waals surface area (Å²) >= 11 is 6.32. The Labute approximate surface area is 226 Å². The number of nitrogens with one attached hydrogen (secondary N) is 1. The quantitative estimate of drug-likeness (QED) is 0.328. The molecule has 0 radical (unpaired) electrons. The van der Waals surface area contributed by atoms with Gasteiger partial charge < -0.3 is 24.1 Å². The monoisotopic (exact) mass is 559 g/mol. The number of aromatic amines is 1. The van der Waals surface area contributed by atoms with Crippen molar-refractivity contribution in [2.75, 3.05) is 18.1 Å². The van der Waals surface area contributed by atoms with E-state index in [0.29, 0.717) is 39.8 Å². The molecular formula is C26H24ClF2N5O5. The average Bonchev–Trinajstić information content (AvgIpc) is 3.49. The molecule has 13 heteroatoms. The third-order valence-electron chi connectivity index (χ3n) is 5.91. The fourth-order valence-corrected chi connectivity index (χ4v) is 4.30. The van der Waals surface area contributed by atoms with E-state index in [0.717, 1.165) is 4.68 Å². The van der Waals surface area contributed by atoms with Crippen LogP contribution < -0.4 is 24.7 Å². The molecule has 5 rings (SSSR count). The Morgan fingerprint density at radius 3 is 2.72 bits per heavy atom. The van der Waals surface area contributed by atoms with Crippen LogP contribution in [-0.4, -0.2) is 45.1 Å². The second kappa shape index (κ2) is 10.2. The highest BCUT2D eigenvalue weighted by Gasteiger charge is 2.43. The van der Waals surface area contributed by atoms with Gasteiger partial charge in [-0.1, -0.05) is 31.5 Å². The fraction of sp³-hybridized carbons (Fsp3) is 0.308. The number of rotatable bonds is 8. The van der Waals surface area contributed by atoms with Crippen molar-refractivity contribution in [3.05, 3.63) is 58.1 Å². The number of nitrogens with zero attached hydrogens (tertiary/aromatic N) is 4. The number of fused-ring (bicyclic) bond motifs is 2. The van der Waals surface area contributed by atoms with Gasteiger partial charge in [-0.3, -0.25) is 9.59 Å². The van der Waals surface area contributed by atoms with Gasteiger partial charge in [-0.2, -0.15) is 5.10 Å². The summed E-state index contributed by atoms with van der Waals surface area (Å²) in [6, 6.07) is 9.13. The van der Waals surface area contributed by atoms with Crippen molar-refractivity contribution >= 4 is 34.2 Å². The number of amides is 1. The number of halogens is 3. The summed E-state index contributed by atoms with van der Waals surface area (Å²) < 4.78 is 42.7. The van der Waals surface area contributed by atoms with E-state index in [-0.39, 0.29) is 29.5 Å². The van der Waals surface area contributed by atoms with E-state index in [4.69, 9.17) is 16.3 Å². The fourth-order valence-electron chi connectivity index (χ4n) is 4.12. The predicted molar refractivity (Wildman–Crippen MR) is 140 cm³/mol. The number of H-pyrrole nitrogens is 1. The molecule has 0 saturated heterocycles. The smallest absolute Gasteiger partial charge is 0.492 e. The van der Waals surface area contributed by atoms with Gasteiger partial charge in [-0.05, 0) is 37.1 Å². The van der Waals surface area contributed by atoms with Crippen molar-refractivity contribution in [3.8, 4) is 28.5 Å². The van der Waals surface area contributed by atoms with E-state index in [1.54, 1.807) is 25.1 Å². The van der Waals surface area contributed by atoms with E-state index < -0.39 is 24.3 Å². The molecule has 39 heavy (non-hydrogen) atoms. The van der Waals surface area contributed by atoms with Crippen molar-refractivity contribution in [2.24, 2.45) is 5.92 Å². The van der Waals surface area contributed by atoms with Crippen LogP contribution in [0.5, 0.6) is 17.2 Å². The van der Waals surface area contributed by atoms with Gasteiger partial charge in [0.2, 0.25) is 5.91 Å². The number of hydrogen-bond acceptors (Lipinski definition) is 7. The minimum atomic E-state index is -3.78. The molecule has 0 bridgehead atoms. The van der Waals surface area contributed by atoms with Crippen molar-refractivity contribution in [1.29, 1.82) is 0 Å². The first-order valence-electron chi connectivity index (χ1n) is 12.1. The molecular weight excluding hydrogens is 536 g/mol. The SMILES string of the molecule is CCN(C(=O)Cn1nc(-c2ccc(Cl)c(OCC(C)C)c2)c2[nH]cnc2c1=O)c1ccc2c(c1)OC(F)(F)O2. The summed E-state index contributed by atoms with van der Waals surface area (Å²) in [6.45, 7) is 5.94. The topological polar surface area (TPSA) is 112 Å². The third-order valence-corrected chi connectivity index (χ3v) is 6.22. The van der Waals surface area contributed by atoms with Crippen LogP contribution in [0.3, 0.4) is 0 Å². The molecule has 1 N–H and O–H groups in total. The van der Waals surface area contributed by atoms with Crippen molar-refractivity contribution < 1.29 is 27.8 Å². The average molecular weight is 560 g/mol. The standard InChI is InChI=1S/C26H24ClF2N5O5/c1-4-33(16-6-8-18-20(10-16)39-26(28,29)38-18)21(35)11-34-25(36)24-23(30-13-31-24)22(32-34)15-5-7-17(27)19(9-15)37-12-14(2)3/h5-10,13-14H,4,11-12H2,1-3H3,(H,30,31). The highest BCUT2D eigenvalue weighted by atomic mass is 35.5. The van der Waals surface area contributed by atoms with Crippen molar-refractivity contribution in [1.82, 2.24) is 19.7 Å². The lowest BCUT2D eigenvalue weighted by atomic mass is 10.1. The number of aromatic nitrogens is 4. The summed E-state index contributed by atoms with van der Waals surface area (Å²) in [4.78, 5) is 34.9. The lowest BCUT2D eigenvalue weighted by molar-refractivity contribution is -0.286. The lowest BCUT2D eigenvalue weighted by Crippen LogP contribution is -2.37. The second-order valence-electron chi connectivity index (χ2n) is 9.22. The largest absolute Gasteiger partial charge is 0.586 e. The Bertz CT molecular complexity index is 1620. The summed E-state index contributed by atoms with van der Waals surface area (Å²) in [5.41, 5.74) is 1.17. The number of ether oxygens (including phenoxy) is 3. The number of carbonyl (C=O) groups is 1. The van der Waals surface area contributed by atoms with Gasteiger partial charge in [-0.25, -0.2) is 9.67 Å². The van der Waals surface area contributed by atoms with Crippen molar-refractivity contribution in [3.63, 3.8) is 0 Å².